The maximum atomic E-state index is 3.88. The van der Waals surface area contributed by atoms with Gasteiger partial charge in [0, 0.05) is 22.0 Å². The lowest BCUT2D eigenvalue weighted by molar-refractivity contribution is 0.996. The van der Waals surface area contributed by atoms with Gasteiger partial charge in [-0.2, -0.15) is 0 Å². The molecule has 2 heteroatoms. The van der Waals surface area contributed by atoms with E-state index in [-0.39, 0.29) is 0 Å². The van der Waals surface area contributed by atoms with E-state index in [0.29, 0.717) is 0 Å². The fourth-order valence-electron chi connectivity index (χ4n) is 3.67. The second-order valence-corrected chi connectivity index (χ2v) is 17.5. The Hall–Kier alpha value is -0.696. The van der Waals surface area contributed by atoms with Crippen molar-refractivity contribution in [1.29, 1.82) is 0 Å². The van der Waals surface area contributed by atoms with Crippen molar-refractivity contribution in [3.8, 4) is 0 Å². The molecule has 0 saturated carbocycles. The van der Waals surface area contributed by atoms with Crippen LogP contribution in [-0.2, 0) is 0 Å². The summed E-state index contributed by atoms with van der Waals surface area (Å²) in [6.07, 6.45) is 5.34. The third-order valence-corrected chi connectivity index (χ3v) is 14.7. The molecule has 0 radical (unpaired) electrons. The summed E-state index contributed by atoms with van der Waals surface area (Å²) < 4.78 is 0. The molecule has 0 amide bonds. The fourth-order valence-corrected chi connectivity index (χ4v) is 15.7. The lowest BCUT2D eigenvalue weighted by Gasteiger charge is -2.38. The van der Waals surface area contributed by atoms with Crippen molar-refractivity contribution < 1.29 is 0 Å². The molecule has 1 saturated heterocycles. The molecular weight excluding hydrogens is 260 g/mol. The number of hydrogen-bond acceptors (Lipinski definition) is 0. The van der Waals surface area contributed by atoms with Crippen LogP contribution >= 0.6 is 0 Å². The van der Waals surface area contributed by atoms with E-state index in [1.165, 1.54) is 35.2 Å². The van der Waals surface area contributed by atoms with Gasteiger partial charge in [-0.25, -0.2) is 0 Å². The SMILES string of the molecule is Cc1cc(C)cc([C+]=C2[Si](C)(C)CCC[Si]2(C)C)c1. The van der Waals surface area contributed by atoms with Gasteiger partial charge in [-0.3, -0.25) is 0 Å². The summed E-state index contributed by atoms with van der Waals surface area (Å²) in [4.78, 5) is 1.77. The summed E-state index contributed by atoms with van der Waals surface area (Å²) in [7, 11) is -2.41. The van der Waals surface area contributed by atoms with Gasteiger partial charge >= 0.3 is 0 Å². The molecule has 1 aromatic rings. The quantitative estimate of drug-likeness (QED) is 0.487. The lowest BCUT2D eigenvalue weighted by atomic mass is 10.1. The van der Waals surface area contributed by atoms with E-state index in [1.54, 1.807) is 4.82 Å². The molecule has 1 fully saturated rings. The third-order valence-electron chi connectivity index (χ3n) is 4.45. The fraction of sp³-hybridized carbons (Fsp3) is 0.529. The first-order valence-electron chi connectivity index (χ1n) is 7.44. The highest BCUT2D eigenvalue weighted by molar-refractivity contribution is 7.06. The first kappa shape index (κ1) is 14.7. The van der Waals surface area contributed by atoms with Gasteiger partial charge in [0.05, 0.1) is 28.3 Å². The number of benzene rings is 1. The predicted molar refractivity (Wildman–Crippen MR) is 91.0 cm³/mol. The molecule has 1 aliphatic heterocycles. The Morgan fingerprint density at radius 1 is 0.842 bits per heavy atom. The van der Waals surface area contributed by atoms with E-state index in [2.05, 4.69) is 64.3 Å². The zero-order valence-electron chi connectivity index (χ0n) is 13.4. The summed E-state index contributed by atoms with van der Waals surface area (Å²) in [5.74, 6) is 0. The van der Waals surface area contributed by atoms with Gasteiger partial charge in [0.15, 0.2) is 5.56 Å². The van der Waals surface area contributed by atoms with Crippen LogP contribution in [0.1, 0.15) is 23.1 Å². The highest BCUT2D eigenvalue weighted by Crippen LogP contribution is 2.39. The molecule has 0 N–H and O–H groups in total. The van der Waals surface area contributed by atoms with E-state index in [9.17, 15) is 0 Å². The number of hydrogen-bond donors (Lipinski definition) is 0. The van der Waals surface area contributed by atoms with Gasteiger partial charge in [0.25, 0.3) is 0 Å². The minimum atomic E-state index is -1.21. The van der Waals surface area contributed by atoms with Gasteiger partial charge in [0.2, 0.25) is 0 Å². The topological polar surface area (TPSA) is 0 Å². The first-order chi connectivity index (χ1) is 8.71. The van der Waals surface area contributed by atoms with Gasteiger partial charge in [-0.15, -0.1) is 0 Å². The van der Waals surface area contributed by atoms with E-state index < -0.39 is 16.1 Å². The van der Waals surface area contributed by atoms with Crippen LogP contribution in [0, 0.1) is 19.9 Å². The predicted octanol–water partition coefficient (Wildman–Crippen LogP) is 5.28. The van der Waals surface area contributed by atoms with Crippen LogP contribution in [0.15, 0.2) is 23.0 Å². The van der Waals surface area contributed by atoms with E-state index in [1.807, 2.05) is 0 Å². The monoisotopic (exact) mass is 287 g/mol. The van der Waals surface area contributed by atoms with Crippen LogP contribution < -0.4 is 0 Å². The van der Waals surface area contributed by atoms with E-state index in [0.717, 1.165) is 0 Å². The Labute approximate surface area is 121 Å². The van der Waals surface area contributed by atoms with Crippen molar-refractivity contribution in [1.82, 2.24) is 0 Å². The first-order valence-corrected chi connectivity index (χ1v) is 13.9. The zero-order chi connectivity index (χ0) is 14.3. The van der Waals surface area contributed by atoms with Crippen molar-refractivity contribution in [3.63, 3.8) is 0 Å². The normalized spacial score (nSPS) is 21.1. The van der Waals surface area contributed by atoms with Crippen LogP contribution in [0.2, 0.25) is 38.3 Å². The van der Waals surface area contributed by atoms with E-state index >= 15 is 0 Å². The molecule has 2 rings (SSSR count). The van der Waals surface area contributed by atoms with Crippen LogP contribution in [0.4, 0.5) is 0 Å². The third kappa shape index (κ3) is 3.25. The molecule has 0 bridgehead atoms. The van der Waals surface area contributed by atoms with Gasteiger partial charge in [0.1, 0.15) is 0 Å². The Balaban J connectivity index is 2.49. The van der Waals surface area contributed by atoms with Gasteiger partial charge in [-0.1, -0.05) is 44.7 Å². The molecule has 1 aromatic carbocycles. The summed E-state index contributed by atoms with van der Waals surface area (Å²) in [5.41, 5.74) is 4.03. The summed E-state index contributed by atoms with van der Waals surface area (Å²) >= 11 is 0. The molecule has 0 atom stereocenters. The van der Waals surface area contributed by atoms with Crippen molar-refractivity contribution in [3.05, 3.63) is 45.8 Å². The molecule has 0 aromatic heterocycles. The second kappa shape index (κ2) is 5.01. The Kier molecular flexibility index (Phi) is 3.88. The van der Waals surface area contributed by atoms with Gasteiger partial charge in [-0.05, 0) is 19.9 Å². The summed E-state index contributed by atoms with van der Waals surface area (Å²) in [5, 5.41) is 0. The Bertz CT molecular complexity index is 472. The molecular formula is C17H27Si2+. The average Bonchev–Trinajstić information content (AvgIpc) is 2.21. The molecule has 1 aliphatic rings. The highest BCUT2D eigenvalue weighted by Gasteiger charge is 2.44. The van der Waals surface area contributed by atoms with Crippen LogP contribution in [0.3, 0.4) is 0 Å². The molecule has 0 unspecified atom stereocenters. The van der Waals surface area contributed by atoms with Crippen molar-refractivity contribution in [2.75, 3.05) is 0 Å². The summed E-state index contributed by atoms with van der Waals surface area (Å²) in [6.45, 7) is 14.6. The Morgan fingerprint density at radius 2 is 1.32 bits per heavy atom. The average molecular weight is 288 g/mol. The van der Waals surface area contributed by atoms with Gasteiger partial charge < -0.3 is 0 Å². The Morgan fingerprint density at radius 3 is 1.79 bits per heavy atom. The molecule has 0 spiro atoms. The molecule has 0 aliphatic carbocycles. The maximum absolute atomic E-state index is 3.88. The van der Waals surface area contributed by atoms with E-state index in [4.69, 9.17) is 0 Å². The standard InChI is InChI=1S/C17H27Si2/c1-14-10-15(2)12-16(11-14)13-17-18(3,4)8-7-9-19(17,5)6/h10-12H,7-9H2,1-6H3/q+1. The van der Waals surface area contributed by atoms with Crippen molar-refractivity contribution in [2.24, 2.45) is 0 Å². The van der Waals surface area contributed by atoms with Crippen LogP contribution in [0.25, 0.3) is 0 Å². The van der Waals surface area contributed by atoms with Crippen LogP contribution in [-0.4, -0.2) is 16.1 Å². The molecule has 102 valence electrons. The zero-order valence-corrected chi connectivity index (χ0v) is 15.4. The number of rotatable bonds is 1. The largest absolute Gasteiger partial charge is 0.187 e. The molecule has 0 nitrogen and oxygen atoms in total. The highest BCUT2D eigenvalue weighted by atomic mass is 28.4. The van der Waals surface area contributed by atoms with Crippen molar-refractivity contribution in [2.45, 2.75) is 58.5 Å². The number of aryl methyl sites for hydroxylation is 2. The summed E-state index contributed by atoms with van der Waals surface area (Å²) in [6, 6.07) is 9.75. The minimum absolute atomic E-state index is 1.21. The second-order valence-electron chi connectivity index (χ2n) is 7.50. The van der Waals surface area contributed by atoms with Crippen LogP contribution in [0.5, 0.6) is 0 Å². The minimum Gasteiger partial charge on any atom is -0.0644 e. The lowest BCUT2D eigenvalue weighted by Crippen LogP contribution is -2.48. The smallest absolute Gasteiger partial charge is 0.0644 e. The maximum Gasteiger partial charge on any atom is 0.187 e. The molecule has 1 heterocycles. The van der Waals surface area contributed by atoms with Crippen molar-refractivity contribution >= 4 is 16.1 Å². The molecule has 19 heavy (non-hydrogen) atoms.